The maximum absolute atomic E-state index is 13.1. The van der Waals surface area contributed by atoms with E-state index in [2.05, 4.69) is 25.6 Å². The van der Waals surface area contributed by atoms with E-state index >= 15 is 0 Å². The Bertz CT molecular complexity index is 1830. The number of amides is 1. The molecule has 2 bridgehead atoms. The number of piperidine rings is 1. The van der Waals surface area contributed by atoms with Gasteiger partial charge in [-0.05, 0) is 37.8 Å². The van der Waals surface area contributed by atoms with Crippen molar-refractivity contribution in [2.24, 2.45) is 0 Å². The molecule has 2 aliphatic heterocycles. The fourth-order valence-electron chi connectivity index (χ4n) is 6.23. The van der Waals surface area contributed by atoms with Gasteiger partial charge in [0, 0.05) is 41.6 Å². The van der Waals surface area contributed by atoms with Gasteiger partial charge in [0.1, 0.15) is 10.7 Å². The molecule has 6 heterocycles. The Kier molecular flexibility index (Phi) is 5.49. The quantitative estimate of drug-likeness (QED) is 0.328. The summed E-state index contributed by atoms with van der Waals surface area (Å²) in [5, 5.41) is 19.1. The van der Waals surface area contributed by atoms with Gasteiger partial charge in [-0.3, -0.25) is 4.79 Å². The number of nitrogens with one attached hydrogen (secondary N) is 1. The van der Waals surface area contributed by atoms with Crippen molar-refractivity contribution in [3.05, 3.63) is 66.5 Å². The number of nitrogens with two attached hydrogens (primary N) is 1. The molecule has 0 saturated carbocycles. The smallest absolute Gasteiger partial charge is 0.276 e. The molecule has 5 aromatic rings. The van der Waals surface area contributed by atoms with Gasteiger partial charge >= 0.3 is 0 Å². The van der Waals surface area contributed by atoms with E-state index in [1.54, 1.807) is 17.1 Å². The predicted octanol–water partition coefficient (Wildman–Crippen LogP) is 2.24. The normalized spacial score (nSPS) is 20.8. The Hall–Kier alpha value is -4.59. The molecule has 2 fully saturated rings. The van der Waals surface area contributed by atoms with E-state index in [1.165, 1.54) is 10.7 Å². The van der Waals surface area contributed by atoms with Crippen molar-refractivity contribution >= 4 is 27.2 Å². The highest BCUT2D eigenvalue weighted by molar-refractivity contribution is 7.91. The van der Waals surface area contributed by atoms with Crippen LogP contribution in [0.15, 0.2) is 60.0 Å². The second kappa shape index (κ2) is 8.98. The molecule has 4 aromatic heterocycles. The molecular weight excluding hydrogens is 532 g/mol. The van der Waals surface area contributed by atoms with Gasteiger partial charge in [-0.2, -0.15) is 30.1 Å². The summed E-state index contributed by atoms with van der Waals surface area (Å²) < 4.78 is 29.2. The van der Waals surface area contributed by atoms with Gasteiger partial charge in [-0.15, -0.1) is 0 Å². The van der Waals surface area contributed by atoms with Crippen LogP contribution in [0.25, 0.3) is 22.5 Å². The number of hydrogen-bond donors (Lipinski definition) is 2. The first-order valence-electron chi connectivity index (χ1n) is 13.0. The van der Waals surface area contributed by atoms with E-state index in [-0.39, 0.29) is 40.3 Å². The highest BCUT2D eigenvalue weighted by atomic mass is 32.2. The standard InChI is InChI=1S/C26H26N10O3S/c1-40(38,39)23-22(15-9-18-7-8-19(10-15)35(18)26(37)21-13-28-33-32-21)31-25-20(12-30-36(25)24(23)27)16-11-29-34(14-16)17-5-3-2-4-6-17/h2-6,11-15,18-19H,7-10,27H2,1H3,(H,28,32,33)/t15?,18-,19?/m1/s1. The van der Waals surface area contributed by atoms with Gasteiger partial charge in [-0.1, -0.05) is 18.2 Å². The van der Waals surface area contributed by atoms with Crippen molar-refractivity contribution in [3.63, 3.8) is 0 Å². The van der Waals surface area contributed by atoms with Crippen LogP contribution >= 0.6 is 0 Å². The second-order valence-corrected chi connectivity index (χ2v) is 12.4. The molecule has 7 rings (SSSR count). The van der Waals surface area contributed by atoms with Crippen molar-refractivity contribution < 1.29 is 13.2 Å². The number of aromatic nitrogens is 8. The number of H-pyrrole nitrogens is 1. The molecule has 1 aromatic carbocycles. The molecule has 204 valence electrons. The lowest BCUT2D eigenvalue weighted by molar-refractivity contribution is 0.0562. The van der Waals surface area contributed by atoms with Gasteiger partial charge in [0.25, 0.3) is 5.91 Å². The average molecular weight is 559 g/mol. The molecule has 40 heavy (non-hydrogen) atoms. The summed E-state index contributed by atoms with van der Waals surface area (Å²) in [7, 11) is -3.74. The summed E-state index contributed by atoms with van der Waals surface area (Å²) in [4.78, 5) is 19.9. The van der Waals surface area contributed by atoms with Crippen molar-refractivity contribution in [1.29, 1.82) is 0 Å². The molecule has 2 unspecified atom stereocenters. The van der Waals surface area contributed by atoms with Crippen LogP contribution in [0, 0.1) is 0 Å². The average Bonchev–Trinajstić information content (AvgIpc) is 3.74. The number of fused-ring (bicyclic) bond motifs is 3. The molecule has 1 amide bonds. The number of rotatable bonds is 5. The molecule has 0 aliphatic carbocycles. The third-order valence-corrected chi connectivity index (χ3v) is 9.10. The summed E-state index contributed by atoms with van der Waals surface area (Å²) in [6.07, 6.45) is 10.6. The van der Waals surface area contributed by atoms with Gasteiger partial charge in [0.05, 0.1) is 30.0 Å². The van der Waals surface area contributed by atoms with Crippen LogP contribution in [0.1, 0.15) is 47.8 Å². The number of para-hydroxylation sites is 1. The van der Waals surface area contributed by atoms with Gasteiger partial charge in [-0.25, -0.2) is 18.1 Å². The van der Waals surface area contributed by atoms with Crippen molar-refractivity contribution in [1.82, 2.24) is 44.7 Å². The number of anilines is 1. The molecule has 14 heteroatoms. The number of nitrogen functional groups attached to an aromatic ring is 1. The summed E-state index contributed by atoms with van der Waals surface area (Å²) in [6, 6.07) is 9.59. The van der Waals surface area contributed by atoms with Crippen molar-refractivity contribution in [3.8, 4) is 16.8 Å². The first-order valence-corrected chi connectivity index (χ1v) is 14.8. The predicted molar refractivity (Wildman–Crippen MR) is 144 cm³/mol. The molecule has 3 atom stereocenters. The minimum atomic E-state index is -3.74. The van der Waals surface area contributed by atoms with E-state index in [4.69, 9.17) is 10.7 Å². The zero-order valence-electron chi connectivity index (χ0n) is 21.5. The van der Waals surface area contributed by atoms with Crippen LogP contribution < -0.4 is 5.73 Å². The summed E-state index contributed by atoms with van der Waals surface area (Å²) in [6.45, 7) is 0. The third kappa shape index (κ3) is 3.86. The largest absolute Gasteiger partial charge is 0.382 e. The van der Waals surface area contributed by atoms with E-state index in [0.717, 1.165) is 30.3 Å². The van der Waals surface area contributed by atoms with E-state index in [9.17, 15) is 13.2 Å². The zero-order chi connectivity index (χ0) is 27.6. The Morgan fingerprint density at radius 3 is 2.48 bits per heavy atom. The SMILES string of the molecule is CS(=O)(=O)c1c(C2CC3CC[C@H](C2)N3C(=O)c2cn[nH]n2)nc2c(-c3cnn(-c4ccccc4)c3)cnn2c1N. The Balaban J connectivity index is 1.30. The molecule has 3 N–H and O–H groups in total. The monoisotopic (exact) mass is 558 g/mol. The number of carbonyl (C=O) groups is 1. The molecule has 13 nitrogen and oxygen atoms in total. The lowest BCUT2D eigenvalue weighted by Gasteiger charge is -2.38. The topological polar surface area (TPSA) is 170 Å². The lowest BCUT2D eigenvalue weighted by Crippen LogP contribution is -2.46. The Morgan fingerprint density at radius 1 is 1.05 bits per heavy atom. The third-order valence-electron chi connectivity index (χ3n) is 7.94. The molecule has 0 spiro atoms. The molecule has 0 radical (unpaired) electrons. The first-order chi connectivity index (χ1) is 19.3. The molecule has 2 aliphatic rings. The van der Waals surface area contributed by atoms with Gasteiger partial charge < -0.3 is 10.6 Å². The maximum atomic E-state index is 13.1. The molecular formula is C26H26N10O3S. The number of benzene rings is 1. The van der Waals surface area contributed by atoms with Crippen molar-refractivity contribution in [2.45, 2.75) is 48.6 Å². The van der Waals surface area contributed by atoms with E-state index < -0.39 is 9.84 Å². The van der Waals surface area contributed by atoms with Gasteiger partial charge in [0.15, 0.2) is 21.2 Å². The number of sulfone groups is 1. The second-order valence-electron chi connectivity index (χ2n) is 10.4. The van der Waals surface area contributed by atoms with Crippen LogP contribution in [0.5, 0.6) is 0 Å². The van der Waals surface area contributed by atoms with Crippen LogP contribution in [0.4, 0.5) is 5.82 Å². The minimum Gasteiger partial charge on any atom is -0.382 e. The van der Waals surface area contributed by atoms with E-state index in [0.29, 0.717) is 29.7 Å². The summed E-state index contributed by atoms with van der Waals surface area (Å²) in [5.74, 6) is -0.345. The first kappa shape index (κ1) is 24.5. The van der Waals surface area contributed by atoms with Crippen LogP contribution in [0.3, 0.4) is 0 Å². The van der Waals surface area contributed by atoms with Crippen LogP contribution in [-0.4, -0.2) is 77.4 Å². The molecule has 2 saturated heterocycles. The number of nitrogens with zero attached hydrogens (tertiary/aromatic N) is 8. The fraction of sp³-hybridized carbons (Fsp3) is 0.308. The minimum absolute atomic E-state index is 0.00434. The van der Waals surface area contributed by atoms with Crippen molar-refractivity contribution in [2.75, 3.05) is 12.0 Å². The zero-order valence-corrected chi connectivity index (χ0v) is 22.4. The van der Waals surface area contributed by atoms with E-state index in [1.807, 2.05) is 41.4 Å². The fourth-order valence-corrected chi connectivity index (χ4v) is 7.29. The summed E-state index contributed by atoms with van der Waals surface area (Å²) in [5.41, 5.74) is 10.0. The number of aromatic amines is 1. The highest BCUT2D eigenvalue weighted by Gasteiger charge is 2.46. The maximum Gasteiger partial charge on any atom is 0.276 e. The summed E-state index contributed by atoms with van der Waals surface area (Å²) >= 11 is 0. The van der Waals surface area contributed by atoms with Crippen LogP contribution in [-0.2, 0) is 9.84 Å². The Morgan fingerprint density at radius 2 is 1.80 bits per heavy atom. The Labute approximate surface area is 228 Å². The highest BCUT2D eigenvalue weighted by Crippen LogP contribution is 2.45. The number of hydrogen-bond acceptors (Lipinski definition) is 9. The van der Waals surface area contributed by atoms with Gasteiger partial charge in [0.2, 0.25) is 0 Å². The lowest BCUT2D eigenvalue weighted by atomic mass is 9.87. The van der Waals surface area contributed by atoms with Crippen LogP contribution in [0.2, 0.25) is 0 Å². The number of carbonyl (C=O) groups excluding carboxylic acids is 1.